The van der Waals surface area contributed by atoms with Gasteiger partial charge >= 0.3 is 6.03 Å². The Bertz CT molecular complexity index is 533. The third kappa shape index (κ3) is 3.60. The van der Waals surface area contributed by atoms with E-state index in [0.29, 0.717) is 12.8 Å². The minimum atomic E-state index is -0.808. The monoisotopic (exact) mass is 279 g/mol. The molecule has 0 bridgehead atoms. The Kier molecular flexibility index (Phi) is 4.44. The summed E-state index contributed by atoms with van der Waals surface area (Å²) in [6.45, 7) is 0.214. The van der Waals surface area contributed by atoms with Crippen LogP contribution in [0.1, 0.15) is 32.1 Å². The molecule has 1 heterocycles. The van der Waals surface area contributed by atoms with Crippen molar-refractivity contribution in [3.63, 3.8) is 0 Å². The number of anilines is 1. The normalized spacial score (nSPS) is 17.5. The molecule has 2 rings (SSSR count). The first-order chi connectivity index (χ1) is 9.50. The summed E-state index contributed by atoms with van der Waals surface area (Å²) in [5, 5.41) is 15.4. The number of aromatic nitrogens is 1. The van der Waals surface area contributed by atoms with Gasteiger partial charge < -0.3 is 20.3 Å². The largest absolute Gasteiger partial charge is 0.388 e. The van der Waals surface area contributed by atoms with Crippen molar-refractivity contribution in [1.82, 2.24) is 9.88 Å². The molecule has 1 fully saturated rings. The van der Waals surface area contributed by atoms with Crippen LogP contribution in [-0.2, 0) is 7.05 Å². The summed E-state index contributed by atoms with van der Waals surface area (Å²) < 4.78 is 1.39. The quantitative estimate of drug-likeness (QED) is 0.777. The number of pyridine rings is 1. The Labute approximate surface area is 117 Å². The van der Waals surface area contributed by atoms with Crippen molar-refractivity contribution >= 4 is 11.7 Å². The second-order valence-corrected chi connectivity index (χ2v) is 5.43. The van der Waals surface area contributed by atoms with Crippen LogP contribution >= 0.6 is 0 Å². The SMILES string of the molecule is Cn1cccc(NC(=O)NCC2(O)CCCCC2)c1=O. The second-order valence-electron chi connectivity index (χ2n) is 5.43. The fourth-order valence-electron chi connectivity index (χ4n) is 2.49. The van der Waals surface area contributed by atoms with Crippen molar-refractivity contribution < 1.29 is 9.90 Å². The number of hydrogen-bond donors (Lipinski definition) is 3. The van der Waals surface area contributed by atoms with Crippen molar-refractivity contribution in [2.24, 2.45) is 7.05 Å². The van der Waals surface area contributed by atoms with E-state index >= 15 is 0 Å². The number of urea groups is 1. The van der Waals surface area contributed by atoms with Gasteiger partial charge in [-0.25, -0.2) is 4.79 Å². The van der Waals surface area contributed by atoms with Gasteiger partial charge in [0.15, 0.2) is 0 Å². The van der Waals surface area contributed by atoms with Crippen LogP contribution in [-0.4, -0.2) is 27.9 Å². The highest BCUT2D eigenvalue weighted by Crippen LogP contribution is 2.27. The number of carbonyl (C=O) groups is 1. The molecule has 2 amide bonds. The van der Waals surface area contributed by atoms with Gasteiger partial charge in [-0.05, 0) is 25.0 Å². The van der Waals surface area contributed by atoms with E-state index in [1.165, 1.54) is 4.57 Å². The lowest BCUT2D eigenvalue weighted by molar-refractivity contribution is 0.00755. The van der Waals surface area contributed by atoms with Gasteiger partial charge in [-0.3, -0.25) is 4.79 Å². The Morgan fingerprint density at radius 1 is 1.40 bits per heavy atom. The number of nitrogens with one attached hydrogen (secondary N) is 2. The van der Waals surface area contributed by atoms with E-state index in [2.05, 4.69) is 10.6 Å². The molecule has 6 nitrogen and oxygen atoms in total. The first-order valence-corrected chi connectivity index (χ1v) is 6.93. The third-order valence-electron chi connectivity index (χ3n) is 3.73. The summed E-state index contributed by atoms with van der Waals surface area (Å²) in [5.41, 5.74) is -0.848. The first kappa shape index (κ1) is 14.6. The van der Waals surface area contributed by atoms with Gasteiger partial charge in [0.2, 0.25) is 0 Å². The van der Waals surface area contributed by atoms with Gasteiger partial charge in [-0.2, -0.15) is 0 Å². The van der Waals surface area contributed by atoms with Gasteiger partial charge in [0.1, 0.15) is 5.69 Å². The highest BCUT2D eigenvalue weighted by molar-refractivity contribution is 5.88. The van der Waals surface area contributed by atoms with E-state index in [0.717, 1.165) is 19.3 Å². The molecule has 0 aliphatic heterocycles. The summed E-state index contributed by atoms with van der Waals surface area (Å²) >= 11 is 0. The van der Waals surface area contributed by atoms with Crippen molar-refractivity contribution in [2.75, 3.05) is 11.9 Å². The Balaban J connectivity index is 1.89. The average molecular weight is 279 g/mol. The molecule has 3 N–H and O–H groups in total. The van der Waals surface area contributed by atoms with Crippen molar-refractivity contribution in [3.8, 4) is 0 Å². The predicted octanol–water partition coefficient (Wildman–Crippen LogP) is 1.20. The van der Waals surface area contributed by atoms with Gasteiger partial charge in [0, 0.05) is 19.8 Å². The number of amides is 2. The Morgan fingerprint density at radius 2 is 2.10 bits per heavy atom. The van der Waals surface area contributed by atoms with Crippen LogP contribution in [0.2, 0.25) is 0 Å². The van der Waals surface area contributed by atoms with Gasteiger partial charge in [-0.15, -0.1) is 0 Å². The number of hydrogen-bond acceptors (Lipinski definition) is 3. The second kappa shape index (κ2) is 6.09. The zero-order chi connectivity index (χ0) is 14.6. The Morgan fingerprint density at radius 3 is 2.80 bits per heavy atom. The molecule has 1 aromatic heterocycles. The van der Waals surface area contributed by atoms with Crippen LogP contribution < -0.4 is 16.2 Å². The van der Waals surface area contributed by atoms with E-state index in [9.17, 15) is 14.7 Å². The lowest BCUT2D eigenvalue weighted by Crippen LogP contribution is -2.45. The molecule has 1 aliphatic carbocycles. The summed E-state index contributed by atoms with van der Waals surface area (Å²) in [6, 6.07) is 2.77. The number of nitrogens with zero attached hydrogens (tertiary/aromatic N) is 1. The summed E-state index contributed by atoms with van der Waals surface area (Å²) in [5.74, 6) is 0. The molecular weight excluding hydrogens is 258 g/mol. The van der Waals surface area contributed by atoms with E-state index in [1.54, 1.807) is 25.4 Å². The van der Waals surface area contributed by atoms with Gasteiger partial charge in [0.25, 0.3) is 5.56 Å². The number of carbonyl (C=O) groups excluding carboxylic acids is 1. The van der Waals surface area contributed by atoms with E-state index in [1.807, 2.05) is 0 Å². The number of aryl methyl sites for hydroxylation is 1. The summed E-state index contributed by atoms with van der Waals surface area (Å²) in [7, 11) is 1.62. The molecule has 0 saturated heterocycles. The maximum absolute atomic E-state index is 11.8. The zero-order valence-corrected chi connectivity index (χ0v) is 11.7. The highest BCUT2D eigenvalue weighted by Gasteiger charge is 2.29. The van der Waals surface area contributed by atoms with Crippen LogP contribution in [0, 0.1) is 0 Å². The molecule has 0 atom stereocenters. The highest BCUT2D eigenvalue weighted by atomic mass is 16.3. The molecule has 0 radical (unpaired) electrons. The third-order valence-corrected chi connectivity index (χ3v) is 3.73. The van der Waals surface area contributed by atoms with Crippen LogP contribution in [0.4, 0.5) is 10.5 Å². The van der Waals surface area contributed by atoms with Crippen LogP contribution in [0.5, 0.6) is 0 Å². The molecule has 1 saturated carbocycles. The summed E-state index contributed by atoms with van der Waals surface area (Å²) in [6.07, 6.45) is 6.14. The minimum absolute atomic E-state index is 0.214. The van der Waals surface area contributed by atoms with Crippen LogP contribution in [0.25, 0.3) is 0 Å². The van der Waals surface area contributed by atoms with Crippen LogP contribution in [0.15, 0.2) is 23.1 Å². The topological polar surface area (TPSA) is 83.4 Å². The maximum Gasteiger partial charge on any atom is 0.319 e. The molecule has 1 aromatic rings. The predicted molar refractivity (Wildman–Crippen MR) is 76.7 cm³/mol. The molecule has 6 heteroatoms. The summed E-state index contributed by atoms with van der Waals surface area (Å²) in [4.78, 5) is 23.5. The Hall–Kier alpha value is -1.82. The average Bonchev–Trinajstić information content (AvgIpc) is 2.43. The zero-order valence-electron chi connectivity index (χ0n) is 11.7. The fraction of sp³-hybridized carbons (Fsp3) is 0.571. The maximum atomic E-state index is 11.8. The molecular formula is C14H21N3O3. The molecule has 0 aromatic carbocycles. The van der Waals surface area contributed by atoms with E-state index in [4.69, 9.17) is 0 Å². The number of rotatable bonds is 3. The molecule has 1 aliphatic rings. The van der Waals surface area contributed by atoms with E-state index < -0.39 is 11.6 Å². The smallest absolute Gasteiger partial charge is 0.319 e. The van der Waals surface area contributed by atoms with Gasteiger partial charge in [0.05, 0.1) is 5.60 Å². The van der Waals surface area contributed by atoms with Gasteiger partial charge in [-0.1, -0.05) is 19.3 Å². The fourth-order valence-corrected chi connectivity index (χ4v) is 2.49. The molecule has 20 heavy (non-hydrogen) atoms. The lowest BCUT2D eigenvalue weighted by Gasteiger charge is -2.32. The molecule has 0 spiro atoms. The van der Waals surface area contributed by atoms with Crippen molar-refractivity contribution in [2.45, 2.75) is 37.7 Å². The van der Waals surface area contributed by atoms with Crippen molar-refractivity contribution in [3.05, 3.63) is 28.7 Å². The minimum Gasteiger partial charge on any atom is -0.388 e. The molecule has 110 valence electrons. The van der Waals surface area contributed by atoms with Crippen molar-refractivity contribution in [1.29, 1.82) is 0 Å². The van der Waals surface area contributed by atoms with Crippen LogP contribution in [0.3, 0.4) is 0 Å². The molecule has 0 unspecified atom stereocenters. The van der Waals surface area contributed by atoms with E-state index in [-0.39, 0.29) is 17.8 Å². The first-order valence-electron chi connectivity index (χ1n) is 6.93. The number of aliphatic hydroxyl groups is 1. The lowest BCUT2D eigenvalue weighted by atomic mass is 9.85. The standard InChI is InChI=1S/C14H21N3O3/c1-17-9-5-6-11(12(17)18)16-13(19)15-10-14(20)7-3-2-4-8-14/h5-6,9,20H,2-4,7-8,10H2,1H3,(H2,15,16,19).